The van der Waals surface area contributed by atoms with Crippen molar-refractivity contribution in [2.45, 2.75) is 19.9 Å². The molecule has 0 aliphatic rings. The summed E-state index contributed by atoms with van der Waals surface area (Å²) in [4.78, 5) is 12.2. The van der Waals surface area contributed by atoms with Crippen LogP contribution in [0.3, 0.4) is 0 Å². The topological polar surface area (TPSA) is 50.4 Å². The van der Waals surface area contributed by atoms with Crippen LogP contribution in [0.15, 0.2) is 42.5 Å². The molecule has 0 saturated heterocycles. The van der Waals surface area contributed by atoms with Crippen molar-refractivity contribution in [2.75, 3.05) is 17.7 Å². The molecule has 0 aromatic heterocycles. The number of carbonyl (C=O) groups excluding carboxylic acids is 1. The zero-order valence-corrected chi connectivity index (χ0v) is 13.6. The molecular formula is C17H19ClN2O2. The Morgan fingerprint density at radius 2 is 1.95 bits per heavy atom. The minimum atomic E-state index is -0.399. The smallest absolute Gasteiger partial charge is 0.246 e. The maximum absolute atomic E-state index is 12.2. The van der Waals surface area contributed by atoms with Gasteiger partial charge in [0.25, 0.3) is 0 Å². The van der Waals surface area contributed by atoms with E-state index in [4.69, 9.17) is 16.3 Å². The van der Waals surface area contributed by atoms with Crippen molar-refractivity contribution in [1.82, 2.24) is 0 Å². The molecule has 1 unspecified atom stereocenters. The van der Waals surface area contributed by atoms with Gasteiger partial charge in [-0.3, -0.25) is 4.79 Å². The van der Waals surface area contributed by atoms with E-state index in [0.717, 1.165) is 16.9 Å². The molecule has 2 rings (SSSR count). The van der Waals surface area contributed by atoms with Crippen LogP contribution >= 0.6 is 11.6 Å². The Hall–Kier alpha value is -2.20. The fourth-order valence-corrected chi connectivity index (χ4v) is 2.28. The molecule has 22 heavy (non-hydrogen) atoms. The van der Waals surface area contributed by atoms with Crippen molar-refractivity contribution in [3.8, 4) is 5.75 Å². The zero-order valence-electron chi connectivity index (χ0n) is 12.8. The molecule has 0 bridgehead atoms. The molecule has 4 nitrogen and oxygen atoms in total. The predicted molar refractivity (Wildman–Crippen MR) is 90.9 cm³/mol. The van der Waals surface area contributed by atoms with Gasteiger partial charge in [0.2, 0.25) is 5.91 Å². The van der Waals surface area contributed by atoms with Gasteiger partial charge in [0.1, 0.15) is 11.8 Å². The fourth-order valence-electron chi connectivity index (χ4n) is 2.03. The molecular weight excluding hydrogens is 300 g/mol. The summed E-state index contributed by atoms with van der Waals surface area (Å²) in [6.45, 7) is 3.75. The highest BCUT2D eigenvalue weighted by Gasteiger charge is 2.14. The summed E-state index contributed by atoms with van der Waals surface area (Å²) in [6, 6.07) is 12.6. The van der Waals surface area contributed by atoms with Gasteiger partial charge < -0.3 is 15.4 Å². The van der Waals surface area contributed by atoms with Crippen LogP contribution in [0.1, 0.15) is 12.5 Å². The van der Waals surface area contributed by atoms with E-state index < -0.39 is 6.04 Å². The van der Waals surface area contributed by atoms with Crippen molar-refractivity contribution in [3.05, 3.63) is 53.1 Å². The van der Waals surface area contributed by atoms with E-state index in [0.29, 0.717) is 10.8 Å². The second kappa shape index (κ2) is 7.18. The Morgan fingerprint density at radius 3 is 2.59 bits per heavy atom. The molecule has 2 aromatic rings. The van der Waals surface area contributed by atoms with E-state index in [1.165, 1.54) is 0 Å². The van der Waals surface area contributed by atoms with Crippen LogP contribution in [0.5, 0.6) is 5.75 Å². The lowest BCUT2D eigenvalue weighted by Gasteiger charge is -2.17. The van der Waals surface area contributed by atoms with Crippen LogP contribution in [0.2, 0.25) is 5.02 Å². The second-order valence-electron chi connectivity index (χ2n) is 5.02. The average molecular weight is 319 g/mol. The number of rotatable bonds is 5. The van der Waals surface area contributed by atoms with E-state index in [2.05, 4.69) is 10.6 Å². The quantitative estimate of drug-likeness (QED) is 0.872. The normalized spacial score (nSPS) is 11.6. The Kier molecular flexibility index (Phi) is 5.28. The minimum absolute atomic E-state index is 0.110. The largest absolute Gasteiger partial charge is 0.495 e. The van der Waals surface area contributed by atoms with E-state index in [1.54, 1.807) is 26.2 Å². The number of anilines is 2. The number of hydrogen-bond acceptors (Lipinski definition) is 3. The molecule has 1 amide bonds. The molecule has 0 fully saturated rings. The second-order valence-corrected chi connectivity index (χ2v) is 5.43. The van der Waals surface area contributed by atoms with Gasteiger partial charge in [-0.2, -0.15) is 0 Å². The number of methoxy groups -OCH3 is 1. The molecule has 2 aromatic carbocycles. The van der Waals surface area contributed by atoms with Gasteiger partial charge in [0, 0.05) is 11.4 Å². The molecule has 1 atom stereocenters. The summed E-state index contributed by atoms with van der Waals surface area (Å²) < 4.78 is 5.11. The zero-order chi connectivity index (χ0) is 16.1. The van der Waals surface area contributed by atoms with E-state index in [-0.39, 0.29) is 5.91 Å². The molecule has 0 radical (unpaired) electrons. The summed E-state index contributed by atoms with van der Waals surface area (Å²) in [5.74, 6) is 0.491. The third kappa shape index (κ3) is 3.92. The van der Waals surface area contributed by atoms with Crippen LogP contribution in [-0.4, -0.2) is 19.1 Å². The molecule has 0 aliphatic carbocycles. The first kappa shape index (κ1) is 16.2. The summed E-state index contributed by atoms with van der Waals surface area (Å²) in [6.07, 6.45) is 0. The lowest BCUT2D eigenvalue weighted by atomic mass is 10.2. The number of hydrogen-bond donors (Lipinski definition) is 2. The number of para-hydroxylation sites is 1. The first-order valence-corrected chi connectivity index (χ1v) is 7.35. The molecule has 0 spiro atoms. The maximum Gasteiger partial charge on any atom is 0.246 e. The molecule has 0 heterocycles. The van der Waals surface area contributed by atoms with Crippen LogP contribution in [0, 0.1) is 6.92 Å². The van der Waals surface area contributed by atoms with Crippen molar-refractivity contribution in [1.29, 1.82) is 0 Å². The summed E-state index contributed by atoms with van der Waals surface area (Å²) >= 11 is 6.08. The first-order chi connectivity index (χ1) is 10.5. The number of nitrogens with one attached hydrogen (secondary N) is 2. The Labute approximate surface area is 135 Å². The number of amides is 1. The fraction of sp³-hybridized carbons (Fsp3) is 0.235. The highest BCUT2D eigenvalue weighted by atomic mass is 35.5. The van der Waals surface area contributed by atoms with E-state index in [9.17, 15) is 4.79 Å². The average Bonchev–Trinajstić information content (AvgIpc) is 2.49. The third-order valence-corrected chi connectivity index (χ3v) is 3.63. The standard InChI is InChI=1S/C17H19ClN2O2/c1-11-6-4-5-7-15(11)20-17(21)12(2)19-13-8-9-16(22-3)14(18)10-13/h4-10,12,19H,1-3H3,(H,20,21). The van der Waals surface area contributed by atoms with Gasteiger partial charge in [-0.1, -0.05) is 29.8 Å². The van der Waals surface area contributed by atoms with Gasteiger partial charge in [0.15, 0.2) is 0 Å². The van der Waals surface area contributed by atoms with E-state index in [1.807, 2.05) is 37.3 Å². The summed E-state index contributed by atoms with van der Waals surface area (Å²) in [7, 11) is 1.56. The summed E-state index contributed by atoms with van der Waals surface area (Å²) in [5.41, 5.74) is 2.60. The van der Waals surface area contributed by atoms with E-state index >= 15 is 0 Å². The molecule has 116 valence electrons. The third-order valence-electron chi connectivity index (χ3n) is 3.33. The highest BCUT2D eigenvalue weighted by Crippen LogP contribution is 2.27. The minimum Gasteiger partial charge on any atom is -0.495 e. The van der Waals surface area contributed by atoms with Crippen molar-refractivity contribution >= 4 is 28.9 Å². The van der Waals surface area contributed by atoms with Crippen LogP contribution in [0.25, 0.3) is 0 Å². The first-order valence-electron chi connectivity index (χ1n) is 6.98. The number of aryl methyl sites for hydroxylation is 1. The summed E-state index contributed by atoms with van der Waals surface area (Å²) in [5, 5.41) is 6.53. The van der Waals surface area contributed by atoms with Crippen LogP contribution < -0.4 is 15.4 Å². The Morgan fingerprint density at radius 1 is 1.23 bits per heavy atom. The van der Waals surface area contributed by atoms with Gasteiger partial charge in [-0.15, -0.1) is 0 Å². The van der Waals surface area contributed by atoms with Crippen LogP contribution in [0.4, 0.5) is 11.4 Å². The van der Waals surface area contributed by atoms with Gasteiger partial charge in [-0.25, -0.2) is 0 Å². The van der Waals surface area contributed by atoms with Gasteiger partial charge in [0.05, 0.1) is 12.1 Å². The molecule has 5 heteroatoms. The molecule has 0 aliphatic heterocycles. The number of carbonyl (C=O) groups is 1. The lowest BCUT2D eigenvalue weighted by Crippen LogP contribution is -2.32. The lowest BCUT2D eigenvalue weighted by molar-refractivity contribution is -0.116. The Balaban J connectivity index is 2.02. The predicted octanol–water partition coefficient (Wildman–Crippen LogP) is 4.10. The van der Waals surface area contributed by atoms with Crippen molar-refractivity contribution < 1.29 is 9.53 Å². The van der Waals surface area contributed by atoms with Crippen molar-refractivity contribution in [2.24, 2.45) is 0 Å². The number of ether oxygens (including phenoxy) is 1. The molecule has 0 saturated carbocycles. The monoisotopic (exact) mass is 318 g/mol. The molecule has 2 N–H and O–H groups in total. The van der Waals surface area contributed by atoms with Crippen molar-refractivity contribution in [3.63, 3.8) is 0 Å². The maximum atomic E-state index is 12.2. The SMILES string of the molecule is COc1ccc(NC(C)C(=O)Nc2ccccc2C)cc1Cl. The van der Waals surface area contributed by atoms with Gasteiger partial charge in [-0.05, 0) is 43.7 Å². The van der Waals surface area contributed by atoms with Crippen LogP contribution in [-0.2, 0) is 4.79 Å². The highest BCUT2D eigenvalue weighted by molar-refractivity contribution is 6.32. The number of benzene rings is 2. The number of halogens is 1. The van der Waals surface area contributed by atoms with Gasteiger partial charge >= 0.3 is 0 Å². The Bertz CT molecular complexity index is 673.